The lowest BCUT2D eigenvalue weighted by molar-refractivity contribution is -0.135. The second-order valence-electron chi connectivity index (χ2n) is 13.1. The summed E-state index contributed by atoms with van der Waals surface area (Å²) in [6.07, 6.45) is 12.1. The van der Waals surface area contributed by atoms with Crippen LogP contribution < -0.4 is 11.1 Å². The first-order chi connectivity index (χ1) is 16.2. The molecule has 2 aliphatic carbocycles. The molecule has 5 rings (SSSR count). The van der Waals surface area contributed by atoms with Crippen LogP contribution in [0.25, 0.3) is 0 Å². The second-order valence-corrected chi connectivity index (χ2v) is 13.1. The van der Waals surface area contributed by atoms with Gasteiger partial charge in [-0.1, -0.05) is 25.7 Å². The van der Waals surface area contributed by atoms with Crippen molar-refractivity contribution in [3.05, 3.63) is 0 Å². The maximum atomic E-state index is 13.5. The molecule has 3 heterocycles. The Kier molecular flexibility index (Phi) is 7.13. The highest BCUT2D eigenvalue weighted by Gasteiger charge is 2.57. The zero-order valence-electron chi connectivity index (χ0n) is 22.1. The minimum absolute atomic E-state index is 0.0362. The van der Waals surface area contributed by atoms with Gasteiger partial charge in [0.15, 0.2) is 0 Å². The van der Waals surface area contributed by atoms with Crippen LogP contribution >= 0.6 is 0 Å². The Morgan fingerprint density at radius 1 is 0.941 bits per heavy atom. The summed E-state index contributed by atoms with van der Waals surface area (Å²) in [4.78, 5) is 15.7. The second kappa shape index (κ2) is 9.68. The number of carbonyl (C=O) groups excluding carboxylic acids is 1. The molecule has 0 aromatic rings. The Hall–Kier alpha value is -0.625. The molecule has 0 aromatic heterocycles. The fourth-order valence-electron chi connectivity index (χ4n) is 7.80. The van der Waals surface area contributed by atoms with Gasteiger partial charge in [-0.15, -0.1) is 0 Å². The topological polar surface area (TPSA) is 76.8 Å². The molecule has 6 atom stereocenters. The summed E-state index contributed by atoms with van der Waals surface area (Å²) in [7, 11) is -0.156. The van der Waals surface area contributed by atoms with Crippen molar-refractivity contribution in [3.63, 3.8) is 0 Å². The van der Waals surface area contributed by atoms with Crippen molar-refractivity contribution < 1.29 is 14.1 Å². The molecule has 3 aliphatic heterocycles. The van der Waals surface area contributed by atoms with Gasteiger partial charge < -0.3 is 25.3 Å². The van der Waals surface area contributed by atoms with Gasteiger partial charge in [0.25, 0.3) is 0 Å². The van der Waals surface area contributed by atoms with Gasteiger partial charge in [0.05, 0.1) is 17.2 Å². The molecular weight excluding hydrogens is 425 g/mol. The lowest BCUT2D eigenvalue weighted by atomic mass is 9.58. The van der Waals surface area contributed by atoms with Crippen LogP contribution in [0.15, 0.2) is 0 Å². The molecule has 6 nitrogen and oxygen atoms in total. The third-order valence-corrected chi connectivity index (χ3v) is 10.6. The Labute approximate surface area is 207 Å². The summed E-state index contributed by atoms with van der Waals surface area (Å²) < 4.78 is 12.9. The average molecular weight is 474 g/mol. The molecule has 192 valence electrons. The first kappa shape index (κ1) is 25.0. The molecule has 0 radical (unpaired) electrons. The van der Waals surface area contributed by atoms with Gasteiger partial charge >= 0.3 is 7.12 Å². The number of nitrogens with two attached hydrogens (primary N) is 1. The standard InChI is InChI=1S/C27H48BN3O3/c1-26(2)27(3,4)34-28(33-26)22-9-6-10-23-21(22)16-24(30-23)25(32)31-13-11-19(12-14-31)20-8-5-7-18(15-20)17-29/h18-24,30H,5-17,29H2,1-4H3. The average Bonchev–Trinajstić information content (AvgIpc) is 3.36. The van der Waals surface area contributed by atoms with Crippen LogP contribution in [0.5, 0.6) is 0 Å². The molecule has 6 unspecified atom stereocenters. The molecule has 0 spiro atoms. The smallest absolute Gasteiger partial charge is 0.403 e. The summed E-state index contributed by atoms with van der Waals surface area (Å²) in [6.45, 7) is 11.3. The SMILES string of the molecule is CC1(C)OB(C2CCCC3NC(C(=O)N4CCC(C5CCCC(CN)C5)CC4)CC32)OC1(C)C. The minimum Gasteiger partial charge on any atom is -0.403 e. The van der Waals surface area contributed by atoms with E-state index >= 15 is 0 Å². The zero-order chi connectivity index (χ0) is 24.1. The first-order valence-electron chi connectivity index (χ1n) is 14.3. The molecule has 3 saturated heterocycles. The van der Waals surface area contributed by atoms with Gasteiger partial charge in [-0.2, -0.15) is 0 Å². The largest absolute Gasteiger partial charge is 0.461 e. The molecule has 7 heteroatoms. The van der Waals surface area contributed by atoms with E-state index in [2.05, 4.69) is 37.9 Å². The van der Waals surface area contributed by atoms with E-state index in [0.29, 0.717) is 23.7 Å². The number of hydrogen-bond acceptors (Lipinski definition) is 5. The maximum absolute atomic E-state index is 13.5. The number of piperidine rings is 1. The van der Waals surface area contributed by atoms with Crippen molar-refractivity contribution in [2.75, 3.05) is 19.6 Å². The zero-order valence-corrected chi connectivity index (χ0v) is 22.1. The van der Waals surface area contributed by atoms with Crippen LogP contribution in [0, 0.1) is 23.7 Å². The molecule has 34 heavy (non-hydrogen) atoms. The number of nitrogens with zero attached hydrogens (tertiary/aromatic N) is 1. The summed E-state index contributed by atoms with van der Waals surface area (Å²) in [5, 5.41) is 3.76. The van der Waals surface area contributed by atoms with Crippen molar-refractivity contribution in [1.29, 1.82) is 0 Å². The van der Waals surface area contributed by atoms with Gasteiger partial charge in [-0.25, -0.2) is 0 Å². The molecule has 3 N–H and O–H groups in total. The predicted octanol–water partition coefficient (Wildman–Crippen LogP) is 3.98. The highest BCUT2D eigenvalue weighted by molar-refractivity contribution is 6.47. The molecule has 0 bridgehead atoms. The number of amides is 1. The molecular formula is C27H48BN3O3. The Morgan fingerprint density at radius 2 is 1.62 bits per heavy atom. The summed E-state index contributed by atoms with van der Waals surface area (Å²) in [5.74, 6) is 3.51. The third kappa shape index (κ3) is 4.71. The van der Waals surface area contributed by atoms with E-state index in [-0.39, 0.29) is 24.4 Å². The number of hydrogen-bond donors (Lipinski definition) is 2. The van der Waals surface area contributed by atoms with E-state index in [0.717, 1.165) is 56.7 Å². The molecule has 1 amide bonds. The number of likely N-dealkylation sites (tertiary alicyclic amines) is 1. The summed E-state index contributed by atoms with van der Waals surface area (Å²) in [5.41, 5.74) is 5.39. The third-order valence-electron chi connectivity index (χ3n) is 10.6. The highest BCUT2D eigenvalue weighted by atomic mass is 16.7. The predicted molar refractivity (Wildman–Crippen MR) is 136 cm³/mol. The van der Waals surface area contributed by atoms with E-state index in [1.165, 1.54) is 44.9 Å². The molecule has 5 fully saturated rings. The van der Waals surface area contributed by atoms with Gasteiger partial charge in [-0.05, 0) is 102 Å². The minimum atomic E-state index is -0.293. The summed E-state index contributed by atoms with van der Waals surface area (Å²) in [6, 6.07) is 0.380. The normalized spacial score (nSPS) is 40.4. The van der Waals surface area contributed by atoms with E-state index in [1.54, 1.807) is 0 Å². The fraction of sp³-hybridized carbons (Fsp3) is 0.963. The van der Waals surface area contributed by atoms with Crippen molar-refractivity contribution >= 4 is 13.0 Å². The van der Waals surface area contributed by atoms with E-state index < -0.39 is 0 Å². The monoisotopic (exact) mass is 473 g/mol. The Morgan fingerprint density at radius 3 is 2.29 bits per heavy atom. The van der Waals surface area contributed by atoms with Crippen molar-refractivity contribution in [2.24, 2.45) is 29.4 Å². The fourth-order valence-corrected chi connectivity index (χ4v) is 7.80. The van der Waals surface area contributed by atoms with Crippen LogP contribution in [0.1, 0.15) is 91.9 Å². The Balaban J connectivity index is 1.16. The number of carbonyl (C=O) groups is 1. The molecule has 5 aliphatic rings. The van der Waals surface area contributed by atoms with Gasteiger partial charge in [-0.3, -0.25) is 4.79 Å². The lowest BCUT2D eigenvalue weighted by Gasteiger charge is -2.40. The highest BCUT2D eigenvalue weighted by Crippen LogP contribution is 2.49. The lowest BCUT2D eigenvalue weighted by Crippen LogP contribution is -2.49. The van der Waals surface area contributed by atoms with E-state index in [9.17, 15) is 4.79 Å². The van der Waals surface area contributed by atoms with Crippen LogP contribution in [0.4, 0.5) is 0 Å². The number of rotatable bonds is 4. The van der Waals surface area contributed by atoms with Gasteiger partial charge in [0.2, 0.25) is 5.91 Å². The van der Waals surface area contributed by atoms with Crippen LogP contribution in [0.3, 0.4) is 0 Å². The number of nitrogens with one attached hydrogen (secondary N) is 1. The van der Waals surface area contributed by atoms with E-state index in [4.69, 9.17) is 15.0 Å². The quantitative estimate of drug-likeness (QED) is 0.604. The van der Waals surface area contributed by atoms with Crippen molar-refractivity contribution in [1.82, 2.24) is 10.2 Å². The van der Waals surface area contributed by atoms with Crippen LogP contribution in [-0.2, 0) is 14.1 Å². The van der Waals surface area contributed by atoms with Crippen LogP contribution in [0.2, 0.25) is 5.82 Å². The number of fused-ring (bicyclic) bond motifs is 1. The van der Waals surface area contributed by atoms with Crippen molar-refractivity contribution in [3.8, 4) is 0 Å². The van der Waals surface area contributed by atoms with E-state index in [1.807, 2.05) is 0 Å². The van der Waals surface area contributed by atoms with Crippen LogP contribution in [-0.4, -0.2) is 60.8 Å². The van der Waals surface area contributed by atoms with Gasteiger partial charge in [0.1, 0.15) is 0 Å². The molecule has 2 saturated carbocycles. The van der Waals surface area contributed by atoms with Crippen molar-refractivity contribution in [2.45, 2.75) is 121 Å². The molecule has 0 aromatic carbocycles. The maximum Gasteiger partial charge on any atom is 0.461 e. The summed E-state index contributed by atoms with van der Waals surface area (Å²) >= 11 is 0. The first-order valence-corrected chi connectivity index (χ1v) is 14.3. The Bertz CT molecular complexity index is 723. The van der Waals surface area contributed by atoms with Gasteiger partial charge in [0, 0.05) is 19.1 Å².